The smallest absolute Gasteiger partial charge is 0.306 e. The molecule has 5 rings (SSSR count). The highest BCUT2D eigenvalue weighted by molar-refractivity contribution is 5.79. The molecule has 2 aliphatic heterocycles. The first-order chi connectivity index (χ1) is 21.1. The number of fused-ring (bicyclic) bond motifs is 1. The molecule has 1 saturated heterocycles. The number of ether oxygens (including phenoxy) is 5. The van der Waals surface area contributed by atoms with Crippen molar-refractivity contribution in [2.45, 2.75) is 50.9 Å². The van der Waals surface area contributed by atoms with Gasteiger partial charge >= 0.3 is 5.97 Å². The van der Waals surface area contributed by atoms with Crippen LogP contribution in [-0.4, -0.2) is 69.4 Å². The minimum atomic E-state index is -0.319. The second kappa shape index (κ2) is 14.9. The number of hydrogen-bond acceptors (Lipinski definition) is 9. The largest absolute Gasteiger partial charge is 0.497 e. The lowest BCUT2D eigenvalue weighted by atomic mass is 9.91. The van der Waals surface area contributed by atoms with Gasteiger partial charge in [0.25, 0.3) is 0 Å². The molecular formula is C34H41N3O6. The summed E-state index contributed by atoms with van der Waals surface area (Å²) in [4.78, 5) is 15.1. The molecule has 9 nitrogen and oxygen atoms in total. The molecule has 0 N–H and O–H groups in total. The normalized spacial score (nSPS) is 16.7. The lowest BCUT2D eigenvalue weighted by Crippen LogP contribution is -2.29. The van der Waals surface area contributed by atoms with Crippen molar-refractivity contribution in [1.82, 2.24) is 9.91 Å². The summed E-state index contributed by atoms with van der Waals surface area (Å²) < 4.78 is 27.5. The third kappa shape index (κ3) is 8.06. The van der Waals surface area contributed by atoms with Crippen LogP contribution in [0.3, 0.4) is 0 Å². The van der Waals surface area contributed by atoms with Crippen LogP contribution in [0.5, 0.6) is 17.2 Å². The molecule has 2 atom stereocenters. The van der Waals surface area contributed by atoms with Gasteiger partial charge in [-0.2, -0.15) is 5.10 Å². The van der Waals surface area contributed by atoms with Crippen molar-refractivity contribution in [1.29, 1.82) is 0 Å². The molecule has 0 amide bonds. The van der Waals surface area contributed by atoms with E-state index < -0.39 is 0 Å². The van der Waals surface area contributed by atoms with Gasteiger partial charge in [-0.15, -0.1) is 0 Å². The van der Waals surface area contributed by atoms with Crippen molar-refractivity contribution in [3.05, 3.63) is 89.0 Å². The van der Waals surface area contributed by atoms with Crippen LogP contribution in [0.4, 0.5) is 0 Å². The predicted octanol–water partition coefficient (Wildman–Crippen LogP) is 5.37. The maximum Gasteiger partial charge on any atom is 0.306 e. The highest BCUT2D eigenvalue weighted by Crippen LogP contribution is 2.39. The minimum Gasteiger partial charge on any atom is -0.497 e. The topological polar surface area (TPSA) is 82.1 Å². The Morgan fingerprint density at radius 3 is 2.42 bits per heavy atom. The van der Waals surface area contributed by atoms with Crippen molar-refractivity contribution in [3.8, 4) is 17.2 Å². The summed E-state index contributed by atoms with van der Waals surface area (Å²) >= 11 is 0. The van der Waals surface area contributed by atoms with E-state index in [-0.39, 0.29) is 31.1 Å². The van der Waals surface area contributed by atoms with Gasteiger partial charge in [0, 0.05) is 45.4 Å². The van der Waals surface area contributed by atoms with Gasteiger partial charge in [-0.05, 0) is 59.4 Å². The first-order valence-corrected chi connectivity index (χ1v) is 14.7. The molecule has 2 aliphatic rings. The Morgan fingerprint density at radius 2 is 1.72 bits per heavy atom. The molecule has 228 valence electrons. The van der Waals surface area contributed by atoms with E-state index in [0.29, 0.717) is 24.7 Å². The number of methoxy groups -OCH3 is 3. The number of nitrogens with zero attached hydrogens (tertiary/aromatic N) is 3. The standard InChI is InChI=1S/C34H41N3O6/c1-39-23-29-10-7-15-37(29)35-19-27(17-34(38)41-3)31-18-33-32(42-24-43-33)16-28(31)22-36(20-25-8-5-4-6-9-25)21-26-11-13-30(40-2)14-12-26/h4-6,8-9,11-14,16,18-19,27,29H,7,10,15,17,20-24H2,1-3H3/b35-19+/t27-,29-/m1/s1. The summed E-state index contributed by atoms with van der Waals surface area (Å²) in [5, 5.41) is 6.95. The molecular weight excluding hydrogens is 546 g/mol. The molecule has 0 bridgehead atoms. The van der Waals surface area contributed by atoms with Crippen molar-refractivity contribution < 1.29 is 28.5 Å². The van der Waals surface area contributed by atoms with Gasteiger partial charge in [-0.25, -0.2) is 0 Å². The van der Waals surface area contributed by atoms with Crippen LogP contribution in [0.15, 0.2) is 71.8 Å². The summed E-state index contributed by atoms with van der Waals surface area (Å²) in [5.41, 5.74) is 4.40. The molecule has 0 radical (unpaired) electrons. The summed E-state index contributed by atoms with van der Waals surface area (Å²) in [6.45, 7) is 3.72. The van der Waals surface area contributed by atoms with Crippen molar-refractivity contribution in [2.24, 2.45) is 5.10 Å². The zero-order valence-corrected chi connectivity index (χ0v) is 25.2. The Balaban J connectivity index is 1.49. The fourth-order valence-electron chi connectivity index (χ4n) is 5.73. The highest BCUT2D eigenvalue weighted by atomic mass is 16.7. The summed E-state index contributed by atoms with van der Waals surface area (Å²) in [6.07, 6.45) is 4.13. The molecule has 3 aromatic rings. The van der Waals surface area contributed by atoms with Gasteiger partial charge in [0.1, 0.15) is 5.75 Å². The highest BCUT2D eigenvalue weighted by Gasteiger charge is 2.27. The van der Waals surface area contributed by atoms with Gasteiger partial charge in [0.15, 0.2) is 11.5 Å². The molecule has 43 heavy (non-hydrogen) atoms. The fraction of sp³-hybridized carbons (Fsp3) is 0.412. The summed E-state index contributed by atoms with van der Waals surface area (Å²) in [6, 6.07) is 22.9. The monoisotopic (exact) mass is 587 g/mol. The molecule has 0 unspecified atom stereocenters. The van der Waals surface area contributed by atoms with Crippen LogP contribution in [0.25, 0.3) is 0 Å². The molecule has 3 aromatic carbocycles. The molecule has 0 saturated carbocycles. The number of rotatable bonds is 14. The Bertz CT molecular complexity index is 1360. The van der Waals surface area contributed by atoms with E-state index in [1.165, 1.54) is 18.2 Å². The van der Waals surface area contributed by atoms with Crippen LogP contribution >= 0.6 is 0 Å². The Morgan fingerprint density at radius 1 is 1.00 bits per heavy atom. The van der Waals surface area contributed by atoms with Crippen LogP contribution < -0.4 is 14.2 Å². The van der Waals surface area contributed by atoms with Crippen LogP contribution in [0.1, 0.15) is 47.4 Å². The van der Waals surface area contributed by atoms with E-state index in [0.717, 1.165) is 49.4 Å². The first kappa shape index (κ1) is 30.4. The lowest BCUT2D eigenvalue weighted by molar-refractivity contribution is -0.140. The van der Waals surface area contributed by atoms with E-state index >= 15 is 0 Å². The second-order valence-electron chi connectivity index (χ2n) is 10.9. The maximum absolute atomic E-state index is 12.7. The average molecular weight is 588 g/mol. The SMILES string of the molecule is COC[C@H]1CCCN1/N=C/[C@@H](CC(=O)OC)c1cc2c(cc1CN(Cc1ccccc1)Cc1ccc(OC)cc1)OCO2. The number of carbonyl (C=O) groups excluding carboxylic acids is 1. The maximum atomic E-state index is 12.7. The molecule has 0 aliphatic carbocycles. The van der Waals surface area contributed by atoms with Crippen molar-refractivity contribution >= 4 is 12.2 Å². The van der Waals surface area contributed by atoms with Gasteiger partial charge < -0.3 is 23.7 Å². The van der Waals surface area contributed by atoms with Crippen LogP contribution in [0, 0.1) is 0 Å². The molecule has 0 spiro atoms. The molecule has 9 heteroatoms. The second-order valence-corrected chi connectivity index (χ2v) is 10.9. The number of carbonyl (C=O) groups is 1. The number of esters is 1. The van der Waals surface area contributed by atoms with Gasteiger partial charge in [0.2, 0.25) is 6.79 Å². The average Bonchev–Trinajstić information content (AvgIpc) is 3.68. The van der Waals surface area contributed by atoms with E-state index in [4.69, 9.17) is 28.8 Å². The zero-order valence-electron chi connectivity index (χ0n) is 25.2. The minimum absolute atomic E-state index is 0.159. The van der Waals surface area contributed by atoms with Gasteiger partial charge in [-0.3, -0.25) is 14.7 Å². The van der Waals surface area contributed by atoms with E-state index in [1.54, 1.807) is 14.2 Å². The third-order valence-electron chi connectivity index (χ3n) is 7.96. The van der Waals surface area contributed by atoms with Crippen molar-refractivity contribution in [2.75, 3.05) is 41.3 Å². The quantitative estimate of drug-likeness (QED) is 0.184. The van der Waals surface area contributed by atoms with E-state index in [1.807, 2.05) is 36.5 Å². The third-order valence-corrected chi connectivity index (χ3v) is 7.96. The fourth-order valence-corrected chi connectivity index (χ4v) is 5.73. The van der Waals surface area contributed by atoms with Gasteiger partial charge in [0.05, 0.1) is 33.3 Å². The van der Waals surface area contributed by atoms with Crippen LogP contribution in [-0.2, 0) is 33.9 Å². The number of hydrogen-bond donors (Lipinski definition) is 0. The summed E-state index contributed by atoms with van der Waals surface area (Å²) in [7, 11) is 4.81. The molecule has 2 heterocycles. The van der Waals surface area contributed by atoms with Crippen LogP contribution in [0.2, 0.25) is 0 Å². The number of hydrazone groups is 1. The Hall–Kier alpha value is -4.08. The number of benzene rings is 3. The Kier molecular flexibility index (Phi) is 10.5. The van der Waals surface area contributed by atoms with E-state index in [2.05, 4.69) is 46.3 Å². The van der Waals surface area contributed by atoms with Crippen molar-refractivity contribution in [3.63, 3.8) is 0 Å². The molecule has 1 fully saturated rings. The molecule has 0 aromatic heterocycles. The lowest BCUT2D eigenvalue weighted by Gasteiger charge is -2.26. The summed E-state index contributed by atoms with van der Waals surface area (Å²) in [5.74, 6) is 1.59. The Labute approximate surface area is 253 Å². The predicted molar refractivity (Wildman–Crippen MR) is 164 cm³/mol. The first-order valence-electron chi connectivity index (χ1n) is 14.7. The van der Waals surface area contributed by atoms with E-state index in [9.17, 15) is 4.79 Å². The van der Waals surface area contributed by atoms with Gasteiger partial charge in [-0.1, -0.05) is 42.5 Å². The zero-order chi connectivity index (χ0) is 30.0.